The van der Waals surface area contributed by atoms with Gasteiger partial charge in [0.25, 0.3) is 5.56 Å². The topological polar surface area (TPSA) is 61.9 Å². The monoisotopic (exact) mass is 316 g/mol. The van der Waals surface area contributed by atoms with E-state index < -0.39 is 17.3 Å². The van der Waals surface area contributed by atoms with Crippen molar-refractivity contribution in [2.75, 3.05) is 4.90 Å². The molecule has 0 aliphatic carbocycles. The molecule has 0 amide bonds. The average Bonchev–Trinajstić information content (AvgIpc) is 2.79. The molecule has 3 rings (SSSR count). The predicted octanol–water partition coefficient (Wildman–Crippen LogP) is 2.36. The van der Waals surface area contributed by atoms with Crippen molar-refractivity contribution in [1.82, 2.24) is 15.2 Å². The molecule has 110 valence electrons. The molecule has 1 aliphatic rings. The molecular formula is C12H8ClF3N4O. The number of alkyl halides is 3. The number of H-pyrrole nitrogens is 1. The van der Waals surface area contributed by atoms with Gasteiger partial charge in [-0.1, -0.05) is 17.7 Å². The number of nitrogens with zero attached hydrogens (tertiary/aromatic N) is 3. The van der Waals surface area contributed by atoms with Crippen LogP contribution in [0.25, 0.3) is 0 Å². The molecule has 1 aliphatic heterocycles. The lowest BCUT2D eigenvalue weighted by atomic mass is 10.2. The first-order chi connectivity index (χ1) is 9.86. The number of hydrogen-bond donors (Lipinski definition) is 1. The van der Waals surface area contributed by atoms with E-state index >= 15 is 0 Å². The molecule has 0 unspecified atom stereocenters. The van der Waals surface area contributed by atoms with Gasteiger partial charge in [-0.05, 0) is 11.6 Å². The molecule has 0 bridgehead atoms. The molecule has 0 saturated heterocycles. The highest BCUT2D eigenvalue weighted by Gasteiger charge is 2.39. The summed E-state index contributed by atoms with van der Waals surface area (Å²) in [7, 11) is 0. The number of halogens is 4. The SMILES string of the molecule is O=c1[nH]ncc(N2Cc3ccc(Cl)nc3C2)c1C(F)(F)F. The highest BCUT2D eigenvalue weighted by Crippen LogP contribution is 2.36. The molecule has 0 atom stereocenters. The standard InChI is InChI=1S/C12H8ClF3N4O/c13-9-2-1-6-4-20(5-7(6)18-9)8-3-17-19-11(21)10(8)12(14,15)16/h1-3H,4-5H2,(H,19,21). The van der Waals surface area contributed by atoms with Gasteiger partial charge in [0.1, 0.15) is 10.7 Å². The summed E-state index contributed by atoms with van der Waals surface area (Å²) in [4.78, 5) is 17.0. The lowest BCUT2D eigenvalue weighted by Crippen LogP contribution is -2.28. The van der Waals surface area contributed by atoms with Crippen molar-refractivity contribution in [1.29, 1.82) is 0 Å². The summed E-state index contributed by atoms with van der Waals surface area (Å²) in [6, 6.07) is 3.28. The molecule has 3 heterocycles. The van der Waals surface area contributed by atoms with Gasteiger partial charge in [-0.3, -0.25) is 4.79 Å². The molecule has 0 aromatic carbocycles. The van der Waals surface area contributed by atoms with Crippen LogP contribution in [0.1, 0.15) is 16.8 Å². The van der Waals surface area contributed by atoms with E-state index in [2.05, 4.69) is 10.1 Å². The Morgan fingerprint density at radius 2 is 2.05 bits per heavy atom. The molecule has 5 nitrogen and oxygen atoms in total. The van der Waals surface area contributed by atoms with Crippen LogP contribution in [0.5, 0.6) is 0 Å². The Kier molecular flexibility index (Phi) is 3.12. The van der Waals surface area contributed by atoms with Gasteiger partial charge in [0.05, 0.1) is 24.1 Å². The summed E-state index contributed by atoms with van der Waals surface area (Å²) < 4.78 is 39.1. The van der Waals surface area contributed by atoms with Crippen molar-refractivity contribution in [2.45, 2.75) is 19.3 Å². The van der Waals surface area contributed by atoms with Crippen molar-refractivity contribution >= 4 is 17.3 Å². The summed E-state index contributed by atoms with van der Waals surface area (Å²) in [5.41, 5.74) is -1.41. The van der Waals surface area contributed by atoms with Crippen LogP contribution in [-0.2, 0) is 19.3 Å². The van der Waals surface area contributed by atoms with E-state index in [1.807, 2.05) is 5.10 Å². The lowest BCUT2D eigenvalue weighted by molar-refractivity contribution is -0.138. The van der Waals surface area contributed by atoms with Crippen LogP contribution in [0.3, 0.4) is 0 Å². The Morgan fingerprint density at radius 3 is 2.76 bits per heavy atom. The summed E-state index contributed by atoms with van der Waals surface area (Å²) in [6.45, 7) is 0.359. The Bertz CT molecular complexity index is 759. The number of hydrogen-bond acceptors (Lipinski definition) is 4. The molecule has 1 N–H and O–H groups in total. The van der Waals surface area contributed by atoms with Crippen molar-refractivity contribution in [3.05, 3.63) is 50.7 Å². The highest BCUT2D eigenvalue weighted by atomic mass is 35.5. The van der Waals surface area contributed by atoms with Gasteiger partial charge in [0, 0.05) is 6.54 Å². The van der Waals surface area contributed by atoms with E-state index in [-0.39, 0.29) is 23.9 Å². The fourth-order valence-electron chi connectivity index (χ4n) is 2.30. The zero-order valence-corrected chi connectivity index (χ0v) is 11.2. The zero-order chi connectivity index (χ0) is 15.2. The van der Waals surface area contributed by atoms with Gasteiger partial charge in [-0.15, -0.1) is 0 Å². The van der Waals surface area contributed by atoms with Crippen molar-refractivity contribution in [3.63, 3.8) is 0 Å². The third-order valence-electron chi connectivity index (χ3n) is 3.20. The predicted molar refractivity (Wildman–Crippen MR) is 69.0 cm³/mol. The van der Waals surface area contributed by atoms with E-state index in [9.17, 15) is 18.0 Å². The molecule has 9 heteroatoms. The number of pyridine rings is 1. The summed E-state index contributed by atoms with van der Waals surface area (Å²) in [5.74, 6) is 0. The fourth-order valence-corrected chi connectivity index (χ4v) is 2.46. The van der Waals surface area contributed by atoms with Crippen LogP contribution in [0.4, 0.5) is 18.9 Å². The largest absolute Gasteiger partial charge is 0.423 e. The van der Waals surface area contributed by atoms with Gasteiger partial charge >= 0.3 is 6.18 Å². The maximum atomic E-state index is 13.0. The third-order valence-corrected chi connectivity index (χ3v) is 3.41. The van der Waals surface area contributed by atoms with Crippen LogP contribution in [0, 0.1) is 0 Å². The smallest absolute Gasteiger partial charge is 0.359 e. The zero-order valence-electron chi connectivity index (χ0n) is 10.4. The second kappa shape index (κ2) is 4.73. The second-order valence-electron chi connectivity index (χ2n) is 4.55. The van der Waals surface area contributed by atoms with E-state index in [1.54, 1.807) is 12.1 Å². The van der Waals surface area contributed by atoms with Crippen LogP contribution in [0.15, 0.2) is 23.1 Å². The number of nitrogens with one attached hydrogen (secondary N) is 1. The quantitative estimate of drug-likeness (QED) is 0.820. The number of anilines is 1. The van der Waals surface area contributed by atoms with Gasteiger partial charge in [-0.25, -0.2) is 10.1 Å². The van der Waals surface area contributed by atoms with E-state index in [4.69, 9.17) is 11.6 Å². The molecular weight excluding hydrogens is 309 g/mol. The minimum atomic E-state index is -4.76. The average molecular weight is 317 g/mol. The Balaban J connectivity index is 2.05. The van der Waals surface area contributed by atoms with Gasteiger partial charge in [0.15, 0.2) is 0 Å². The minimum absolute atomic E-state index is 0.143. The molecule has 0 saturated carbocycles. The number of rotatable bonds is 1. The molecule has 0 spiro atoms. The molecule has 2 aromatic rings. The highest BCUT2D eigenvalue weighted by molar-refractivity contribution is 6.29. The lowest BCUT2D eigenvalue weighted by Gasteiger charge is -2.20. The van der Waals surface area contributed by atoms with E-state index in [0.29, 0.717) is 5.69 Å². The molecule has 0 fully saturated rings. The third kappa shape index (κ3) is 2.46. The summed E-state index contributed by atoms with van der Waals surface area (Å²) in [5, 5.41) is 5.54. The van der Waals surface area contributed by atoms with Gasteiger partial charge in [-0.2, -0.15) is 18.3 Å². The van der Waals surface area contributed by atoms with Crippen molar-refractivity contribution in [2.24, 2.45) is 0 Å². The van der Waals surface area contributed by atoms with Gasteiger partial charge in [0.2, 0.25) is 0 Å². The maximum Gasteiger partial charge on any atom is 0.423 e. The maximum absolute atomic E-state index is 13.0. The molecule has 21 heavy (non-hydrogen) atoms. The molecule has 2 aromatic heterocycles. The Labute approximate surface area is 121 Å². The van der Waals surface area contributed by atoms with Crippen LogP contribution >= 0.6 is 11.6 Å². The van der Waals surface area contributed by atoms with Gasteiger partial charge < -0.3 is 4.90 Å². The first-order valence-corrected chi connectivity index (χ1v) is 6.28. The van der Waals surface area contributed by atoms with Crippen molar-refractivity contribution in [3.8, 4) is 0 Å². The van der Waals surface area contributed by atoms with Crippen LogP contribution in [0.2, 0.25) is 5.15 Å². The van der Waals surface area contributed by atoms with Crippen LogP contribution in [-0.4, -0.2) is 15.2 Å². The first-order valence-electron chi connectivity index (χ1n) is 5.90. The fraction of sp³-hybridized carbons (Fsp3) is 0.250. The normalized spacial score (nSPS) is 14.4. The Morgan fingerprint density at radius 1 is 1.29 bits per heavy atom. The first kappa shape index (κ1) is 13.9. The van der Waals surface area contributed by atoms with Crippen LogP contribution < -0.4 is 10.5 Å². The summed E-state index contributed by atoms with van der Waals surface area (Å²) >= 11 is 5.77. The molecule has 0 radical (unpaired) electrons. The number of aromatic amines is 1. The van der Waals surface area contributed by atoms with Crippen molar-refractivity contribution < 1.29 is 13.2 Å². The number of fused-ring (bicyclic) bond motifs is 1. The van der Waals surface area contributed by atoms with E-state index in [1.165, 1.54) is 4.90 Å². The minimum Gasteiger partial charge on any atom is -0.359 e. The summed E-state index contributed by atoms with van der Waals surface area (Å²) in [6.07, 6.45) is -3.76. The van der Waals surface area contributed by atoms with E-state index in [0.717, 1.165) is 11.8 Å². The Hall–Kier alpha value is -2.09. The second-order valence-corrected chi connectivity index (χ2v) is 4.94. The number of aromatic nitrogens is 3.